The van der Waals surface area contributed by atoms with Crippen molar-refractivity contribution in [3.63, 3.8) is 0 Å². The minimum atomic E-state index is -5.76. The first-order valence-corrected chi connectivity index (χ1v) is 21.6. The van der Waals surface area contributed by atoms with Gasteiger partial charge in [0.2, 0.25) is 0 Å². The molecule has 238 valence electrons. The van der Waals surface area contributed by atoms with Crippen molar-refractivity contribution in [1.29, 1.82) is 0 Å². The zero-order valence-electron chi connectivity index (χ0n) is 26.5. The van der Waals surface area contributed by atoms with Crippen LogP contribution in [0.25, 0.3) is 0 Å². The lowest BCUT2D eigenvalue weighted by Gasteiger charge is -2.48. The molecule has 41 heavy (non-hydrogen) atoms. The van der Waals surface area contributed by atoms with E-state index in [1.54, 1.807) is 5.92 Å². The standard InChI is InChI=1S/C30H50F6O3Si2/c1-25(2,38-40(5,6)7)17-12-18-26(3,24-16-15-22-23(37)14-11-20-27(22,24)4)19-13-21-28(29(31,32)33,30(34,35)36)39-41(8,9)10/h22,24H,11-12,14-20H2,1-10H3/t22?,24?,26-,27+/m1/s1. The minimum Gasteiger partial charge on any atom is -0.413 e. The van der Waals surface area contributed by atoms with E-state index in [1.165, 1.54) is 19.6 Å². The highest BCUT2D eigenvalue weighted by atomic mass is 28.4. The first-order valence-electron chi connectivity index (χ1n) is 14.7. The van der Waals surface area contributed by atoms with E-state index in [4.69, 9.17) is 8.85 Å². The number of ketones is 1. The second kappa shape index (κ2) is 11.9. The summed E-state index contributed by atoms with van der Waals surface area (Å²) < 4.78 is 96.0. The molecule has 11 heteroatoms. The normalized spacial score (nSPS) is 26.3. The number of Topliss-reactive ketones (excluding diaryl/α,β-unsaturated/α-hetero) is 1. The van der Waals surface area contributed by atoms with Crippen molar-refractivity contribution >= 4 is 22.4 Å². The number of halogens is 6. The van der Waals surface area contributed by atoms with E-state index in [9.17, 15) is 31.1 Å². The van der Waals surface area contributed by atoms with Crippen LogP contribution in [-0.2, 0) is 13.6 Å². The van der Waals surface area contributed by atoms with Gasteiger partial charge in [0.15, 0.2) is 16.6 Å². The Morgan fingerprint density at radius 1 is 0.878 bits per heavy atom. The van der Waals surface area contributed by atoms with E-state index < -0.39 is 45.6 Å². The molecule has 0 heterocycles. The summed E-state index contributed by atoms with van der Waals surface area (Å²) in [6.45, 7) is 18.2. The van der Waals surface area contributed by atoms with Gasteiger partial charge in [-0.3, -0.25) is 4.79 Å². The number of alkyl halides is 6. The molecule has 0 spiro atoms. The SMILES string of the molecule is CC(C)(CCC[C@](C)(CC#CC(O[Si](C)(C)C)(C(F)(F)F)C(F)(F)F)C1CCC2C(=O)CCC[C@@]21C)O[Si](C)(C)C. The Kier molecular flexibility index (Phi) is 10.6. The maximum Gasteiger partial charge on any atom is 0.437 e. The molecule has 0 aromatic carbocycles. The average Bonchev–Trinajstić information content (AvgIpc) is 3.07. The van der Waals surface area contributed by atoms with Gasteiger partial charge in [-0.15, -0.1) is 0 Å². The second-order valence-electron chi connectivity index (χ2n) is 15.4. The summed E-state index contributed by atoms with van der Waals surface area (Å²) in [5.74, 6) is 4.03. The molecule has 0 aromatic heterocycles. The molecular formula is C30H50F6O3Si2. The summed E-state index contributed by atoms with van der Waals surface area (Å²) in [5, 5.41) is 0. The zero-order chi connectivity index (χ0) is 31.9. The molecule has 2 aliphatic carbocycles. The molecule has 0 saturated heterocycles. The maximum atomic E-state index is 14.1. The average molecular weight is 629 g/mol. The first-order chi connectivity index (χ1) is 18.2. The van der Waals surface area contributed by atoms with Gasteiger partial charge in [0.25, 0.3) is 0 Å². The fraction of sp³-hybridized carbons (Fsp3) is 0.900. The number of fused-ring (bicyclic) bond motifs is 1. The van der Waals surface area contributed by atoms with Crippen LogP contribution in [0.15, 0.2) is 0 Å². The molecule has 2 fully saturated rings. The Morgan fingerprint density at radius 2 is 1.41 bits per heavy atom. The molecule has 2 unspecified atom stereocenters. The number of rotatable bonds is 10. The molecule has 3 nitrogen and oxygen atoms in total. The van der Waals surface area contributed by atoms with Gasteiger partial charge < -0.3 is 8.85 Å². The number of hydrogen-bond donors (Lipinski definition) is 0. The Hall–Kier alpha value is -0.836. The van der Waals surface area contributed by atoms with Crippen LogP contribution < -0.4 is 0 Å². The van der Waals surface area contributed by atoms with E-state index in [1.807, 2.05) is 20.8 Å². The van der Waals surface area contributed by atoms with E-state index >= 15 is 0 Å². The topological polar surface area (TPSA) is 35.5 Å². The predicted octanol–water partition coefficient (Wildman–Crippen LogP) is 9.69. The summed E-state index contributed by atoms with van der Waals surface area (Å²) in [6.07, 6.45) is -6.24. The Labute approximate surface area is 245 Å². The summed E-state index contributed by atoms with van der Waals surface area (Å²) in [7, 11) is -5.17. The van der Waals surface area contributed by atoms with Gasteiger partial charge in [0.1, 0.15) is 5.78 Å². The third-order valence-corrected chi connectivity index (χ3v) is 10.9. The summed E-state index contributed by atoms with van der Waals surface area (Å²) in [5.41, 5.74) is -5.99. The molecule has 0 aliphatic heterocycles. The Morgan fingerprint density at radius 3 is 1.90 bits per heavy atom. The summed E-state index contributed by atoms with van der Waals surface area (Å²) in [4.78, 5) is 12.8. The van der Waals surface area contributed by atoms with Gasteiger partial charge in [-0.2, -0.15) is 26.3 Å². The molecule has 0 radical (unpaired) electrons. The maximum absolute atomic E-state index is 14.1. The van der Waals surface area contributed by atoms with Crippen LogP contribution in [0.1, 0.15) is 85.5 Å². The number of hydrogen-bond acceptors (Lipinski definition) is 3. The molecular weight excluding hydrogens is 578 g/mol. The predicted molar refractivity (Wildman–Crippen MR) is 155 cm³/mol. The Balaban J connectivity index is 2.51. The third-order valence-electron chi connectivity index (χ3n) is 8.83. The van der Waals surface area contributed by atoms with Gasteiger partial charge in [-0.25, -0.2) is 0 Å². The van der Waals surface area contributed by atoms with Crippen molar-refractivity contribution in [2.24, 2.45) is 22.7 Å². The van der Waals surface area contributed by atoms with Crippen molar-refractivity contribution in [3.05, 3.63) is 0 Å². The van der Waals surface area contributed by atoms with Crippen molar-refractivity contribution < 1.29 is 40.0 Å². The second-order valence-corrected chi connectivity index (χ2v) is 24.2. The van der Waals surface area contributed by atoms with Crippen LogP contribution in [0.3, 0.4) is 0 Å². The molecule has 2 rings (SSSR count). The van der Waals surface area contributed by atoms with Gasteiger partial charge >= 0.3 is 18.0 Å². The summed E-state index contributed by atoms with van der Waals surface area (Å²) in [6, 6.07) is 0. The van der Waals surface area contributed by atoms with Crippen LogP contribution in [-0.4, -0.2) is 46.0 Å². The number of carbonyl (C=O) groups is 1. The monoisotopic (exact) mass is 628 g/mol. The highest BCUT2D eigenvalue weighted by Gasteiger charge is 2.73. The lowest BCUT2D eigenvalue weighted by Crippen LogP contribution is -2.61. The van der Waals surface area contributed by atoms with E-state index in [-0.39, 0.29) is 29.5 Å². The van der Waals surface area contributed by atoms with Gasteiger partial charge in [-0.1, -0.05) is 26.2 Å². The lowest BCUT2D eigenvalue weighted by molar-refractivity contribution is -0.336. The fourth-order valence-electron chi connectivity index (χ4n) is 7.53. The highest BCUT2D eigenvalue weighted by Crippen LogP contribution is 2.61. The van der Waals surface area contributed by atoms with Crippen molar-refractivity contribution in [1.82, 2.24) is 0 Å². The molecule has 2 aliphatic rings. The third kappa shape index (κ3) is 8.63. The van der Waals surface area contributed by atoms with Crippen molar-refractivity contribution in [2.45, 2.75) is 148 Å². The van der Waals surface area contributed by atoms with Crippen LogP contribution in [0.4, 0.5) is 26.3 Å². The van der Waals surface area contributed by atoms with Crippen LogP contribution in [0.5, 0.6) is 0 Å². The summed E-state index contributed by atoms with van der Waals surface area (Å²) >= 11 is 0. The molecule has 4 atom stereocenters. The quantitative estimate of drug-likeness (QED) is 0.137. The van der Waals surface area contributed by atoms with Crippen molar-refractivity contribution in [3.8, 4) is 11.8 Å². The largest absolute Gasteiger partial charge is 0.437 e. The number of carbonyl (C=O) groups excluding carboxylic acids is 1. The van der Waals surface area contributed by atoms with Crippen molar-refractivity contribution in [2.75, 3.05) is 0 Å². The molecule has 0 bridgehead atoms. The smallest absolute Gasteiger partial charge is 0.413 e. The lowest BCUT2D eigenvalue weighted by atomic mass is 9.56. The van der Waals surface area contributed by atoms with Crippen LogP contribution >= 0.6 is 0 Å². The minimum absolute atomic E-state index is 0.0522. The molecule has 0 amide bonds. The van der Waals surface area contributed by atoms with E-state index in [2.05, 4.69) is 32.5 Å². The van der Waals surface area contributed by atoms with Gasteiger partial charge in [-0.05, 0) is 114 Å². The van der Waals surface area contributed by atoms with Crippen LogP contribution in [0.2, 0.25) is 39.3 Å². The Bertz CT molecular complexity index is 985. The molecule has 0 aromatic rings. The van der Waals surface area contributed by atoms with Gasteiger partial charge in [0, 0.05) is 18.8 Å². The highest BCUT2D eigenvalue weighted by molar-refractivity contribution is 6.70. The van der Waals surface area contributed by atoms with E-state index in [0.717, 1.165) is 12.8 Å². The van der Waals surface area contributed by atoms with E-state index in [0.29, 0.717) is 38.5 Å². The fourth-order valence-corrected chi connectivity index (χ4v) is 10.5. The molecule has 0 N–H and O–H groups in total. The first kappa shape index (κ1) is 36.4. The molecule has 2 saturated carbocycles. The zero-order valence-corrected chi connectivity index (χ0v) is 28.5. The van der Waals surface area contributed by atoms with Crippen LogP contribution in [0, 0.1) is 34.5 Å². The van der Waals surface area contributed by atoms with Gasteiger partial charge in [0.05, 0.1) is 5.60 Å².